The molecule has 0 aliphatic rings. The first-order chi connectivity index (χ1) is 6.61. The summed E-state index contributed by atoms with van der Waals surface area (Å²) in [6.07, 6.45) is 3.39. The zero-order valence-corrected chi connectivity index (χ0v) is 7.04. The van der Waals surface area contributed by atoms with Crippen molar-refractivity contribution in [1.82, 2.24) is 4.98 Å². The summed E-state index contributed by atoms with van der Waals surface area (Å²) in [6.45, 7) is 0. The molecule has 0 amide bonds. The van der Waals surface area contributed by atoms with E-state index < -0.39 is 11.9 Å². The van der Waals surface area contributed by atoms with Crippen molar-refractivity contribution in [3.8, 4) is 0 Å². The fourth-order valence-electron chi connectivity index (χ4n) is 0.892. The molecule has 1 aromatic heterocycles. The van der Waals surface area contributed by atoms with Crippen molar-refractivity contribution in [2.45, 2.75) is 0 Å². The van der Waals surface area contributed by atoms with Crippen molar-refractivity contribution in [2.24, 2.45) is 0 Å². The molecule has 1 heterocycles. The largest absolute Gasteiger partial charge is 0.478 e. The third kappa shape index (κ3) is 2.41. The van der Waals surface area contributed by atoms with Gasteiger partial charge >= 0.3 is 11.9 Å². The summed E-state index contributed by atoms with van der Waals surface area (Å²) in [4.78, 5) is 24.4. The Morgan fingerprint density at radius 2 is 2.07 bits per heavy atom. The minimum atomic E-state index is -1.18. The van der Waals surface area contributed by atoms with Crippen LogP contribution in [0.5, 0.6) is 0 Å². The molecule has 14 heavy (non-hydrogen) atoms. The van der Waals surface area contributed by atoms with E-state index >= 15 is 0 Å². The molecular formula is C9H7NO4. The molecule has 5 heteroatoms. The Balaban J connectivity index is 3.07. The Labute approximate surface area is 79.3 Å². The first-order valence-electron chi connectivity index (χ1n) is 3.70. The van der Waals surface area contributed by atoms with Crippen molar-refractivity contribution in [3.05, 3.63) is 35.7 Å². The van der Waals surface area contributed by atoms with Crippen LogP contribution < -0.4 is 0 Å². The molecule has 0 aliphatic carbocycles. The number of carboxylic acid groups (broad SMARTS) is 2. The van der Waals surface area contributed by atoms with Gasteiger partial charge in [-0.3, -0.25) is 0 Å². The van der Waals surface area contributed by atoms with Gasteiger partial charge in [-0.05, 0) is 12.1 Å². The fraction of sp³-hybridized carbons (Fsp3) is 0. The van der Waals surface area contributed by atoms with Gasteiger partial charge in [0, 0.05) is 17.8 Å². The van der Waals surface area contributed by atoms with E-state index in [4.69, 9.17) is 10.2 Å². The van der Waals surface area contributed by atoms with Gasteiger partial charge in [0.1, 0.15) is 0 Å². The summed E-state index contributed by atoms with van der Waals surface area (Å²) >= 11 is 0. The minimum Gasteiger partial charge on any atom is -0.478 e. The van der Waals surface area contributed by atoms with E-state index in [9.17, 15) is 9.59 Å². The normalized spacial score (nSPS) is 10.3. The van der Waals surface area contributed by atoms with Gasteiger partial charge < -0.3 is 10.2 Å². The van der Waals surface area contributed by atoms with Crippen LogP contribution in [0, 0.1) is 0 Å². The highest BCUT2D eigenvalue weighted by Crippen LogP contribution is 2.07. The monoisotopic (exact) mass is 193 g/mol. The summed E-state index contributed by atoms with van der Waals surface area (Å²) in [5.41, 5.74) is 0.104. The van der Waals surface area contributed by atoms with Gasteiger partial charge in [0.15, 0.2) is 5.69 Å². The first-order valence-corrected chi connectivity index (χ1v) is 3.70. The molecule has 1 rings (SSSR count). The Morgan fingerprint density at radius 1 is 1.36 bits per heavy atom. The Kier molecular flexibility index (Phi) is 2.96. The molecule has 0 radical (unpaired) electrons. The number of hydrogen-bond acceptors (Lipinski definition) is 3. The van der Waals surface area contributed by atoms with Crippen LogP contribution in [0.4, 0.5) is 0 Å². The maximum atomic E-state index is 10.6. The summed E-state index contributed by atoms with van der Waals surface area (Å²) in [6, 6.07) is 3.02. The highest BCUT2D eigenvalue weighted by molar-refractivity contribution is 5.92. The van der Waals surface area contributed by atoms with Gasteiger partial charge in [-0.1, -0.05) is 6.07 Å². The predicted molar refractivity (Wildman–Crippen MR) is 47.9 cm³/mol. The molecular weight excluding hydrogens is 186 g/mol. The molecule has 72 valence electrons. The van der Waals surface area contributed by atoms with Gasteiger partial charge in [-0.15, -0.1) is 0 Å². The molecule has 0 unspecified atom stereocenters. The second kappa shape index (κ2) is 4.18. The average molecular weight is 193 g/mol. The van der Waals surface area contributed by atoms with Crippen LogP contribution >= 0.6 is 0 Å². The number of rotatable bonds is 3. The molecule has 0 spiro atoms. The van der Waals surface area contributed by atoms with Crippen molar-refractivity contribution in [3.63, 3.8) is 0 Å². The van der Waals surface area contributed by atoms with Gasteiger partial charge in [-0.2, -0.15) is 0 Å². The quantitative estimate of drug-likeness (QED) is 0.695. The van der Waals surface area contributed by atoms with Crippen LogP contribution in [0.1, 0.15) is 16.1 Å². The van der Waals surface area contributed by atoms with Crippen LogP contribution in [-0.4, -0.2) is 27.1 Å². The second-order valence-electron chi connectivity index (χ2n) is 2.42. The number of carbonyl (C=O) groups is 2. The summed E-state index contributed by atoms with van der Waals surface area (Å²) < 4.78 is 0. The smallest absolute Gasteiger partial charge is 0.355 e. The van der Waals surface area contributed by atoms with E-state index in [0.29, 0.717) is 0 Å². The molecule has 0 atom stereocenters. The number of aliphatic carboxylic acids is 1. The van der Waals surface area contributed by atoms with E-state index in [-0.39, 0.29) is 11.3 Å². The number of carboxylic acids is 2. The van der Waals surface area contributed by atoms with Crippen molar-refractivity contribution in [2.75, 3.05) is 0 Å². The lowest BCUT2D eigenvalue weighted by Crippen LogP contribution is -2.02. The van der Waals surface area contributed by atoms with Gasteiger partial charge in [-0.25, -0.2) is 14.6 Å². The van der Waals surface area contributed by atoms with Crippen molar-refractivity contribution >= 4 is 18.0 Å². The first kappa shape index (κ1) is 9.91. The molecule has 0 aliphatic heterocycles. The van der Waals surface area contributed by atoms with E-state index in [0.717, 1.165) is 6.08 Å². The SMILES string of the molecule is O=C(O)C=Cc1cccnc1C(=O)O. The fourth-order valence-corrected chi connectivity index (χ4v) is 0.892. The van der Waals surface area contributed by atoms with E-state index in [1.165, 1.54) is 24.4 Å². The number of aromatic carboxylic acids is 1. The molecule has 0 saturated carbocycles. The Bertz CT molecular complexity index is 398. The molecule has 0 saturated heterocycles. The molecule has 0 bridgehead atoms. The topological polar surface area (TPSA) is 87.5 Å². The molecule has 1 aromatic rings. The lowest BCUT2D eigenvalue weighted by Gasteiger charge is -1.97. The van der Waals surface area contributed by atoms with Crippen LogP contribution in [0.15, 0.2) is 24.4 Å². The maximum Gasteiger partial charge on any atom is 0.355 e. The van der Waals surface area contributed by atoms with Crippen LogP contribution in [0.25, 0.3) is 6.08 Å². The van der Waals surface area contributed by atoms with E-state index in [2.05, 4.69) is 4.98 Å². The highest BCUT2D eigenvalue weighted by atomic mass is 16.4. The lowest BCUT2D eigenvalue weighted by molar-refractivity contribution is -0.131. The summed E-state index contributed by atoms with van der Waals surface area (Å²) in [5, 5.41) is 17.0. The standard InChI is InChI=1S/C9H7NO4/c11-7(12)4-3-6-2-1-5-10-8(6)9(13)14/h1-5H,(H,11,12)(H,13,14). The minimum absolute atomic E-state index is 0.162. The molecule has 0 fully saturated rings. The summed E-state index contributed by atoms with van der Waals surface area (Å²) in [5.74, 6) is -2.32. The number of aromatic nitrogens is 1. The highest BCUT2D eigenvalue weighted by Gasteiger charge is 2.08. The van der Waals surface area contributed by atoms with Crippen LogP contribution in [-0.2, 0) is 4.79 Å². The predicted octanol–water partition coefficient (Wildman–Crippen LogP) is 0.878. The van der Waals surface area contributed by atoms with Crippen LogP contribution in [0.2, 0.25) is 0 Å². The summed E-state index contributed by atoms with van der Waals surface area (Å²) in [7, 11) is 0. The molecule has 0 aromatic carbocycles. The third-order valence-corrected chi connectivity index (χ3v) is 1.45. The maximum absolute atomic E-state index is 10.6. The third-order valence-electron chi connectivity index (χ3n) is 1.45. The Morgan fingerprint density at radius 3 is 2.64 bits per heavy atom. The van der Waals surface area contributed by atoms with Crippen molar-refractivity contribution < 1.29 is 19.8 Å². The van der Waals surface area contributed by atoms with Crippen LogP contribution in [0.3, 0.4) is 0 Å². The van der Waals surface area contributed by atoms with E-state index in [1.807, 2.05) is 0 Å². The zero-order chi connectivity index (χ0) is 10.6. The van der Waals surface area contributed by atoms with E-state index in [1.54, 1.807) is 0 Å². The average Bonchev–Trinajstić information content (AvgIpc) is 2.15. The Hall–Kier alpha value is -2.17. The molecule has 2 N–H and O–H groups in total. The molecule has 5 nitrogen and oxygen atoms in total. The number of hydrogen-bond donors (Lipinski definition) is 2. The van der Waals surface area contributed by atoms with Gasteiger partial charge in [0.05, 0.1) is 0 Å². The lowest BCUT2D eigenvalue weighted by atomic mass is 10.2. The van der Waals surface area contributed by atoms with Crippen molar-refractivity contribution in [1.29, 1.82) is 0 Å². The van der Waals surface area contributed by atoms with Gasteiger partial charge in [0.25, 0.3) is 0 Å². The second-order valence-corrected chi connectivity index (χ2v) is 2.42. The number of pyridine rings is 1. The zero-order valence-electron chi connectivity index (χ0n) is 7.04. The number of nitrogens with zero attached hydrogens (tertiary/aromatic N) is 1. The van der Waals surface area contributed by atoms with Gasteiger partial charge in [0.2, 0.25) is 0 Å².